The van der Waals surface area contributed by atoms with Gasteiger partial charge < -0.3 is 10.2 Å². The maximum absolute atomic E-state index is 13.6. The van der Waals surface area contributed by atoms with E-state index < -0.39 is 0 Å². The zero-order valence-electron chi connectivity index (χ0n) is 14.5. The molecule has 2 heterocycles. The van der Waals surface area contributed by atoms with Crippen LogP contribution in [0, 0.1) is 5.82 Å². The van der Waals surface area contributed by atoms with Gasteiger partial charge in [-0.05, 0) is 72.9 Å². The normalized spacial score (nSPS) is 20.4. The zero-order valence-corrected chi connectivity index (χ0v) is 15.3. The minimum Gasteiger partial charge on any atom is -0.372 e. The smallest absolute Gasteiger partial charge is 0.123 e. The van der Waals surface area contributed by atoms with E-state index in [9.17, 15) is 4.39 Å². The molecule has 1 fully saturated rings. The first kappa shape index (κ1) is 16.9. The number of halogens is 1. The second-order valence-electron chi connectivity index (χ2n) is 6.97. The van der Waals surface area contributed by atoms with Gasteiger partial charge >= 0.3 is 0 Å². The Morgan fingerprint density at radius 3 is 2.64 bits per heavy atom. The van der Waals surface area contributed by atoms with Gasteiger partial charge in [-0.1, -0.05) is 12.1 Å². The fourth-order valence-electron chi connectivity index (χ4n) is 3.80. The summed E-state index contributed by atoms with van der Waals surface area (Å²) in [5.41, 5.74) is 3.74. The summed E-state index contributed by atoms with van der Waals surface area (Å²) in [5, 5.41) is 3.63. The van der Waals surface area contributed by atoms with E-state index in [-0.39, 0.29) is 11.9 Å². The van der Waals surface area contributed by atoms with Crippen molar-refractivity contribution in [3.63, 3.8) is 0 Å². The summed E-state index contributed by atoms with van der Waals surface area (Å²) < 4.78 is 13.6. The Labute approximate surface area is 153 Å². The maximum Gasteiger partial charge on any atom is 0.123 e. The average Bonchev–Trinajstić information content (AvgIpc) is 2.67. The van der Waals surface area contributed by atoms with E-state index in [4.69, 9.17) is 0 Å². The number of anilines is 1. The molecule has 0 amide bonds. The van der Waals surface area contributed by atoms with Crippen molar-refractivity contribution >= 4 is 17.4 Å². The molecule has 1 N–H and O–H groups in total. The van der Waals surface area contributed by atoms with E-state index in [0.29, 0.717) is 0 Å². The summed E-state index contributed by atoms with van der Waals surface area (Å²) in [6.07, 6.45) is 5.02. The van der Waals surface area contributed by atoms with Crippen molar-refractivity contribution in [2.24, 2.45) is 0 Å². The fourth-order valence-corrected chi connectivity index (χ4v) is 4.90. The minimum absolute atomic E-state index is 0.140. The van der Waals surface area contributed by atoms with Crippen LogP contribution in [0.25, 0.3) is 0 Å². The highest BCUT2D eigenvalue weighted by atomic mass is 32.2. The zero-order chi connectivity index (χ0) is 17.1. The predicted molar refractivity (Wildman–Crippen MR) is 104 cm³/mol. The van der Waals surface area contributed by atoms with Crippen LogP contribution in [-0.4, -0.2) is 18.8 Å². The molecular weight excluding hydrogens is 331 g/mol. The third kappa shape index (κ3) is 4.01. The molecule has 2 aliphatic heterocycles. The molecule has 4 heteroatoms. The largest absolute Gasteiger partial charge is 0.372 e. The van der Waals surface area contributed by atoms with Gasteiger partial charge in [-0.2, -0.15) is 0 Å². The first-order chi connectivity index (χ1) is 12.3. The van der Waals surface area contributed by atoms with Crippen molar-refractivity contribution in [3.8, 4) is 0 Å². The number of piperidine rings is 1. The topological polar surface area (TPSA) is 15.3 Å². The molecule has 0 saturated carbocycles. The highest BCUT2D eigenvalue weighted by molar-refractivity contribution is 7.99. The molecule has 0 spiro atoms. The Hall–Kier alpha value is -1.52. The second-order valence-corrected chi connectivity index (χ2v) is 8.10. The molecule has 1 unspecified atom stereocenters. The molecule has 2 aliphatic rings. The summed E-state index contributed by atoms with van der Waals surface area (Å²) in [6, 6.07) is 14.3. The summed E-state index contributed by atoms with van der Waals surface area (Å²) in [6.45, 7) is 3.19. The molecule has 25 heavy (non-hydrogen) atoms. The Kier molecular flexibility index (Phi) is 5.28. The van der Waals surface area contributed by atoms with E-state index in [1.165, 1.54) is 48.5 Å². The van der Waals surface area contributed by atoms with Gasteiger partial charge in [-0.3, -0.25) is 0 Å². The monoisotopic (exact) mass is 356 g/mol. The molecule has 1 saturated heterocycles. The Morgan fingerprint density at radius 2 is 1.84 bits per heavy atom. The number of benzene rings is 2. The van der Waals surface area contributed by atoms with E-state index in [1.807, 2.05) is 17.8 Å². The lowest BCUT2D eigenvalue weighted by Gasteiger charge is -2.29. The van der Waals surface area contributed by atoms with Crippen LogP contribution in [0.15, 0.2) is 47.4 Å². The number of hydrogen-bond acceptors (Lipinski definition) is 3. The molecule has 0 radical (unpaired) electrons. The maximum atomic E-state index is 13.6. The van der Waals surface area contributed by atoms with Crippen molar-refractivity contribution < 1.29 is 4.39 Å². The molecule has 2 nitrogen and oxygen atoms in total. The molecular formula is C21H25FN2S. The fraction of sp³-hybridized carbons (Fsp3) is 0.429. The van der Waals surface area contributed by atoms with E-state index >= 15 is 0 Å². The SMILES string of the molecule is Fc1ccc2c(c1)C(NCc1ccc(N3CCCCC3)cc1)CCS2. The lowest BCUT2D eigenvalue weighted by molar-refractivity contribution is 0.504. The van der Waals surface area contributed by atoms with Crippen LogP contribution in [0.1, 0.15) is 42.9 Å². The molecule has 1 atom stereocenters. The van der Waals surface area contributed by atoms with Crippen molar-refractivity contribution in [2.75, 3.05) is 23.7 Å². The van der Waals surface area contributed by atoms with Crippen LogP contribution in [0.2, 0.25) is 0 Å². The van der Waals surface area contributed by atoms with Gasteiger partial charge in [0.15, 0.2) is 0 Å². The molecule has 4 rings (SSSR count). The molecule has 0 aliphatic carbocycles. The standard InChI is InChI=1S/C21H25FN2S/c22-17-6-9-21-19(14-17)20(10-13-25-21)23-15-16-4-7-18(8-5-16)24-11-2-1-3-12-24/h4-9,14,20,23H,1-3,10-13,15H2. The predicted octanol–water partition coefficient (Wildman–Crippen LogP) is 5.14. The minimum atomic E-state index is -0.140. The third-order valence-corrected chi connectivity index (χ3v) is 6.34. The summed E-state index contributed by atoms with van der Waals surface area (Å²) >= 11 is 1.83. The number of rotatable bonds is 4. The van der Waals surface area contributed by atoms with Crippen LogP contribution in [-0.2, 0) is 6.54 Å². The average molecular weight is 357 g/mol. The lowest BCUT2D eigenvalue weighted by atomic mass is 10.0. The second kappa shape index (κ2) is 7.79. The summed E-state index contributed by atoms with van der Waals surface area (Å²) in [5.74, 6) is 0.948. The van der Waals surface area contributed by atoms with E-state index in [2.05, 4.69) is 34.5 Å². The molecule has 2 aromatic rings. The Morgan fingerprint density at radius 1 is 1.04 bits per heavy atom. The van der Waals surface area contributed by atoms with Crippen molar-refractivity contribution in [2.45, 2.75) is 43.2 Å². The van der Waals surface area contributed by atoms with Crippen LogP contribution in [0.5, 0.6) is 0 Å². The molecule has 0 bridgehead atoms. The van der Waals surface area contributed by atoms with E-state index in [0.717, 1.165) is 24.3 Å². The van der Waals surface area contributed by atoms with Crippen LogP contribution >= 0.6 is 11.8 Å². The van der Waals surface area contributed by atoms with Gasteiger partial charge in [0.25, 0.3) is 0 Å². The lowest BCUT2D eigenvalue weighted by Crippen LogP contribution is -2.29. The van der Waals surface area contributed by atoms with Crippen molar-refractivity contribution in [1.82, 2.24) is 5.32 Å². The number of fused-ring (bicyclic) bond motifs is 1. The van der Waals surface area contributed by atoms with Crippen LogP contribution in [0.3, 0.4) is 0 Å². The Balaban J connectivity index is 1.40. The summed E-state index contributed by atoms with van der Waals surface area (Å²) in [4.78, 5) is 3.70. The highest BCUT2D eigenvalue weighted by Crippen LogP contribution is 2.36. The van der Waals surface area contributed by atoms with Crippen molar-refractivity contribution in [1.29, 1.82) is 0 Å². The van der Waals surface area contributed by atoms with Gasteiger partial charge in [0, 0.05) is 36.3 Å². The summed E-state index contributed by atoms with van der Waals surface area (Å²) in [7, 11) is 0. The van der Waals surface area contributed by atoms with E-state index in [1.54, 1.807) is 12.1 Å². The van der Waals surface area contributed by atoms with Gasteiger partial charge in [0.05, 0.1) is 0 Å². The van der Waals surface area contributed by atoms with Crippen LogP contribution in [0.4, 0.5) is 10.1 Å². The van der Waals surface area contributed by atoms with Gasteiger partial charge in [0.2, 0.25) is 0 Å². The molecule has 0 aromatic heterocycles. The Bertz CT molecular complexity index is 710. The van der Waals surface area contributed by atoms with Gasteiger partial charge in [-0.15, -0.1) is 11.8 Å². The van der Waals surface area contributed by atoms with Gasteiger partial charge in [-0.25, -0.2) is 4.39 Å². The third-order valence-electron chi connectivity index (χ3n) is 5.22. The number of nitrogens with one attached hydrogen (secondary N) is 1. The van der Waals surface area contributed by atoms with Crippen molar-refractivity contribution in [3.05, 3.63) is 59.4 Å². The molecule has 2 aromatic carbocycles. The first-order valence-corrected chi connectivity index (χ1v) is 10.3. The van der Waals surface area contributed by atoms with Crippen LogP contribution < -0.4 is 10.2 Å². The number of hydrogen-bond donors (Lipinski definition) is 1. The quantitative estimate of drug-likeness (QED) is 0.816. The highest BCUT2D eigenvalue weighted by Gasteiger charge is 2.20. The first-order valence-electron chi connectivity index (χ1n) is 9.29. The number of thioether (sulfide) groups is 1. The molecule has 132 valence electrons. The number of nitrogens with zero attached hydrogens (tertiary/aromatic N) is 1. The van der Waals surface area contributed by atoms with Gasteiger partial charge in [0.1, 0.15) is 5.82 Å².